The van der Waals surface area contributed by atoms with Crippen LogP contribution in [0.1, 0.15) is 28.2 Å². The van der Waals surface area contributed by atoms with Gasteiger partial charge in [-0.3, -0.25) is 14.9 Å². The normalized spacial score (nSPS) is 10.3. The smallest absolute Gasteiger partial charge is 0.271 e. The highest BCUT2D eigenvalue weighted by Gasteiger charge is 2.08. The van der Waals surface area contributed by atoms with Gasteiger partial charge in [0.2, 0.25) is 0 Å². The fourth-order valence-corrected chi connectivity index (χ4v) is 1.74. The number of carbonyl (C=O) groups excluding carboxylic acids is 1. The van der Waals surface area contributed by atoms with E-state index in [2.05, 4.69) is 30.9 Å². The van der Waals surface area contributed by atoms with Crippen molar-refractivity contribution in [2.45, 2.75) is 19.8 Å². The van der Waals surface area contributed by atoms with E-state index in [1.807, 2.05) is 6.92 Å². The van der Waals surface area contributed by atoms with Gasteiger partial charge < -0.3 is 10.7 Å². The van der Waals surface area contributed by atoms with Gasteiger partial charge in [0, 0.05) is 12.2 Å². The number of carbonyl (C=O) groups is 1. The molecule has 8 nitrogen and oxygen atoms in total. The van der Waals surface area contributed by atoms with Gasteiger partial charge in [-0.05, 0) is 25.3 Å². The third-order valence-corrected chi connectivity index (χ3v) is 2.86. The fraction of sp³-hybridized carbons (Fsp3) is 0.333. The maximum atomic E-state index is 11.8. The predicted molar refractivity (Wildman–Crippen MR) is 73.8 cm³/mol. The molecule has 5 N–H and O–H groups in total. The van der Waals surface area contributed by atoms with Crippen molar-refractivity contribution in [1.82, 2.24) is 25.5 Å². The zero-order valence-corrected chi connectivity index (χ0v) is 11.2. The number of amides is 1. The van der Waals surface area contributed by atoms with Gasteiger partial charge >= 0.3 is 0 Å². The van der Waals surface area contributed by atoms with E-state index in [4.69, 9.17) is 5.84 Å². The zero-order chi connectivity index (χ0) is 14.4. The molecule has 2 rings (SSSR count). The number of nitrogen functional groups attached to an aromatic ring is 1. The Morgan fingerprint density at radius 2 is 2.25 bits per heavy atom. The van der Waals surface area contributed by atoms with Crippen molar-refractivity contribution < 1.29 is 4.79 Å². The molecular formula is C12H17N7O. The Labute approximate surface area is 116 Å². The number of hydrazine groups is 1. The highest BCUT2D eigenvalue weighted by Crippen LogP contribution is 2.05. The van der Waals surface area contributed by atoms with Crippen molar-refractivity contribution in [3.05, 3.63) is 35.5 Å². The standard InChI is InChI=1S/C12H17N7O/c1-8-9(5-16-19-8)3-2-4-15-12(20)10-6-14-7-11(17-10)18-13/h5-7H,2-4,13H2,1H3,(H,15,20)(H,16,19)(H,17,18). The summed E-state index contributed by atoms with van der Waals surface area (Å²) in [7, 11) is 0. The minimum Gasteiger partial charge on any atom is -0.351 e. The summed E-state index contributed by atoms with van der Waals surface area (Å²) in [5.74, 6) is 5.30. The number of rotatable bonds is 6. The third kappa shape index (κ3) is 3.51. The molecule has 8 heteroatoms. The molecular weight excluding hydrogens is 258 g/mol. The van der Waals surface area contributed by atoms with Gasteiger partial charge in [-0.2, -0.15) is 5.10 Å². The van der Waals surface area contributed by atoms with E-state index >= 15 is 0 Å². The third-order valence-electron chi connectivity index (χ3n) is 2.86. The van der Waals surface area contributed by atoms with E-state index < -0.39 is 0 Å². The van der Waals surface area contributed by atoms with Crippen LogP contribution >= 0.6 is 0 Å². The molecule has 2 aromatic heterocycles. The molecule has 0 bridgehead atoms. The molecule has 0 aliphatic heterocycles. The Kier molecular flexibility index (Phi) is 4.61. The van der Waals surface area contributed by atoms with Crippen LogP contribution in [0.15, 0.2) is 18.6 Å². The van der Waals surface area contributed by atoms with Crippen LogP contribution in [0.25, 0.3) is 0 Å². The van der Waals surface area contributed by atoms with E-state index in [0.29, 0.717) is 12.4 Å². The van der Waals surface area contributed by atoms with Crippen molar-refractivity contribution in [2.24, 2.45) is 5.84 Å². The SMILES string of the molecule is Cc1[nH]ncc1CCCNC(=O)c1cncc(NN)n1. The first-order valence-corrected chi connectivity index (χ1v) is 6.26. The molecule has 106 valence electrons. The number of anilines is 1. The molecule has 0 unspecified atom stereocenters. The Balaban J connectivity index is 1.79. The van der Waals surface area contributed by atoms with Crippen LogP contribution in [0.2, 0.25) is 0 Å². The quantitative estimate of drug-likeness (QED) is 0.338. The van der Waals surface area contributed by atoms with E-state index in [-0.39, 0.29) is 11.6 Å². The number of nitrogens with one attached hydrogen (secondary N) is 3. The van der Waals surface area contributed by atoms with Crippen molar-refractivity contribution in [2.75, 3.05) is 12.0 Å². The lowest BCUT2D eigenvalue weighted by Gasteiger charge is -2.05. The Bertz CT molecular complexity index is 581. The number of nitrogens with two attached hydrogens (primary N) is 1. The Morgan fingerprint density at radius 1 is 1.40 bits per heavy atom. The second-order valence-corrected chi connectivity index (χ2v) is 4.31. The lowest BCUT2D eigenvalue weighted by atomic mass is 10.1. The van der Waals surface area contributed by atoms with E-state index in [1.54, 1.807) is 6.20 Å². The summed E-state index contributed by atoms with van der Waals surface area (Å²) in [6.07, 6.45) is 6.33. The lowest BCUT2D eigenvalue weighted by Crippen LogP contribution is -2.26. The monoisotopic (exact) mass is 275 g/mol. The number of nitrogens with zero attached hydrogens (tertiary/aromatic N) is 3. The van der Waals surface area contributed by atoms with Crippen molar-refractivity contribution in [3.8, 4) is 0 Å². The van der Waals surface area contributed by atoms with Crippen molar-refractivity contribution in [1.29, 1.82) is 0 Å². The molecule has 2 heterocycles. The minimum atomic E-state index is -0.265. The summed E-state index contributed by atoms with van der Waals surface area (Å²) in [4.78, 5) is 19.7. The lowest BCUT2D eigenvalue weighted by molar-refractivity contribution is 0.0948. The topological polar surface area (TPSA) is 122 Å². The number of aromatic amines is 1. The van der Waals surface area contributed by atoms with Crippen LogP contribution in [0.5, 0.6) is 0 Å². The maximum Gasteiger partial charge on any atom is 0.271 e. The summed E-state index contributed by atoms with van der Waals surface area (Å²) in [6, 6.07) is 0. The van der Waals surface area contributed by atoms with Crippen molar-refractivity contribution in [3.63, 3.8) is 0 Å². The highest BCUT2D eigenvalue weighted by atomic mass is 16.1. The number of aryl methyl sites for hydroxylation is 2. The first-order valence-electron chi connectivity index (χ1n) is 6.26. The molecule has 0 aliphatic rings. The van der Waals surface area contributed by atoms with E-state index in [1.165, 1.54) is 12.4 Å². The summed E-state index contributed by atoms with van der Waals surface area (Å²) in [6.45, 7) is 2.53. The van der Waals surface area contributed by atoms with Crippen LogP contribution < -0.4 is 16.6 Å². The molecule has 0 atom stereocenters. The fourth-order valence-electron chi connectivity index (χ4n) is 1.74. The van der Waals surface area contributed by atoms with E-state index in [9.17, 15) is 4.79 Å². The molecule has 0 aliphatic carbocycles. The molecule has 0 aromatic carbocycles. The van der Waals surface area contributed by atoms with Gasteiger partial charge in [0.15, 0.2) is 5.82 Å². The predicted octanol–water partition coefficient (Wildman–Crippen LogP) is 0.156. The van der Waals surface area contributed by atoms with E-state index in [0.717, 1.165) is 24.1 Å². The second-order valence-electron chi connectivity index (χ2n) is 4.31. The van der Waals surface area contributed by atoms with Gasteiger partial charge in [-0.1, -0.05) is 0 Å². The highest BCUT2D eigenvalue weighted by molar-refractivity contribution is 5.92. The summed E-state index contributed by atoms with van der Waals surface area (Å²) < 4.78 is 0. The maximum absolute atomic E-state index is 11.8. The van der Waals surface area contributed by atoms with Crippen LogP contribution in [0, 0.1) is 6.92 Å². The van der Waals surface area contributed by atoms with Gasteiger partial charge in [-0.25, -0.2) is 10.8 Å². The van der Waals surface area contributed by atoms with Crippen LogP contribution in [-0.4, -0.2) is 32.6 Å². The number of H-pyrrole nitrogens is 1. The molecule has 0 spiro atoms. The van der Waals surface area contributed by atoms with Crippen LogP contribution in [-0.2, 0) is 6.42 Å². The van der Waals surface area contributed by atoms with Gasteiger partial charge in [0.05, 0.1) is 18.6 Å². The molecule has 0 fully saturated rings. The Hall–Kier alpha value is -2.48. The largest absolute Gasteiger partial charge is 0.351 e. The average molecular weight is 275 g/mol. The molecule has 0 saturated carbocycles. The molecule has 1 amide bonds. The first-order chi connectivity index (χ1) is 9.70. The second kappa shape index (κ2) is 6.62. The minimum absolute atomic E-state index is 0.236. The summed E-state index contributed by atoms with van der Waals surface area (Å²) in [5.41, 5.74) is 4.81. The molecule has 2 aromatic rings. The molecule has 0 saturated heterocycles. The Morgan fingerprint density at radius 3 is 2.95 bits per heavy atom. The summed E-state index contributed by atoms with van der Waals surface area (Å²) in [5, 5.41) is 9.63. The van der Waals surface area contributed by atoms with Gasteiger partial charge in [0.1, 0.15) is 5.69 Å². The number of hydrogen-bond donors (Lipinski definition) is 4. The molecule has 20 heavy (non-hydrogen) atoms. The van der Waals surface area contributed by atoms with Crippen LogP contribution in [0.3, 0.4) is 0 Å². The average Bonchev–Trinajstić information content (AvgIpc) is 2.89. The van der Waals surface area contributed by atoms with Gasteiger partial charge in [0.25, 0.3) is 5.91 Å². The number of aromatic nitrogens is 4. The zero-order valence-electron chi connectivity index (χ0n) is 11.2. The first kappa shape index (κ1) is 13.9. The van der Waals surface area contributed by atoms with Crippen molar-refractivity contribution >= 4 is 11.7 Å². The van der Waals surface area contributed by atoms with Gasteiger partial charge in [-0.15, -0.1) is 0 Å². The summed E-state index contributed by atoms with van der Waals surface area (Å²) >= 11 is 0. The van der Waals surface area contributed by atoms with Crippen LogP contribution in [0.4, 0.5) is 5.82 Å². The molecule has 0 radical (unpaired) electrons. The number of hydrogen-bond acceptors (Lipinski definition) is 6.